The van der Waals surface area contributed by atoms with E-state index in [9.17, 15) is 0 Å². The first-order valence-corrected chi connectivity index (χ1v) is 6.02. The Morgan fingerprint density at radius 2 is 2.29 bits per heavy atom. The average molecular weight is 277 g/mol. The van der Waals surface area contributed by atoms with Crippen molar-refractivity contribution in [3.8, 4) is 0 Å². The number of rotatable bonds is 4. The van der Waals surface area contributed by atoms with Gasteiger partial charge in [-0.2, -0.15) is 5.10 Å². The molecule has 2 rings (SSSR count). The molecule has 0 aliphatic carbocycles. The molecule has 17 heavy (non-hydrogen) atoms. The van der Waals surface area contributed by atoms with Gasteiger partial charge in [-0.1, -0.05) is 11.6 Å². The van der Waals surface area contributed by atoms with E-state index in [1.54, 1.807) is 6.07 Å². The van der Waals surface area contributed by atoms with Gasteiger partial charge in [0, 0.05) is 19.1 Å². The van der Waals surface area contributed by atoms with Crippen LogP contribution in [-0.2, 0) is 6.54 Å². The van der Waals surface area contributed by atoms with Crippen molar-refractivity contribution >= 4 is 24.0 Å². The third-order valence-corrected chi connectivity index (χ3v) is 3.02. The maximum absolute atomic E-state index is 5.69. The first-order valence-electron chi connectivity index (χ1n) is 5.64. The molecule has 1 atom stereocenters. The topological polar surface area (TPSA) is 41.1 Å². The summed E-state index contributed by atoms with van der Waals surface area (Å²) in [6.07, 6.45) is 2.57. The van der Waals surface area contributed by atoms with Gasteiger partial charge in [0.25, 0.3) is 0 Å². The molecule has 6 heteroatoms. The van der Waals surface area contributed by atoms with Gasteiger partial charge in [-0.05, 0) is 38.6 Å². The largest absolute Gasteiger partial charge is 0.313 e. The molecular formula is C11H18Cl2N4. The van der Waals surface area contributed by atoms with Crippen LogP contribution in [0.15, 0.2) is 12.1 Å². The molecule has 1 saturated heterocycles. The fraction of sp³-hybridized carbons (Fsp3) is 0.636. The molecular weight excluding hydrogens is 259 g/mol. The van der Waals surface area contributed by atoms with Gasteiger partial charge < -0.3 is 5.32 Å². The monoisotopic (exact) mass is 276 g/mol. The molecule has 0 bridgehead atoms. The van der Waals surface area contributed by atoms with Gasteiger partial charge in [-0.25, -0.2) is 0 Å². The molecule has 0 spiro atoms. The summed E-state index contributed by atoms with van der Waals surface area (Å²) < 4.78 is 0. The van der Waals surface area contributed by atoms with E-state index >= 15 is 0 Å². The molecule has 1 unspecified atom stereocenters. The number of nitrogens with zero attached hydrogens (tertiary/aromatic N) is 3. The lowest BCUT2D eigenvalue weighted by Crippen LogP contribution is -2.35. The highest BCUT2D eigenvalue weighted by Crippen LogP contribution is 2.08. The minimum atomic E-state index is 0. The lowest BCUT2D eigenvalue weighted by molar-refractivity contribution is 0.289. The van der Waals surface area contributed by atoms with Crippen LogP contribution < -0.4 is 5.32 Å². The Kier molecular flexibility index (Phi) is 6.12. The van der Waals surface area contributed by atoms with Crippen molar-refractivity contribution < 1.29 is 0 Å². The van der Waals surface area contributed by atoms with Crippen molar-refractivity contribution in [1.29, 1.82) is 0 Å². The van der Waals surface area contributed by atoms with Gasteiger partial charge in [0.05, 0.1) is 5.69 Å². The van der Waals surface area contributed by atoms with Crippen LogP contribution in [-0.4, -0.2) is 41.3 Å². The van der Waals surface area contributed by atoms with E-state index < -0.39 is 0 Å². The number of halogens is 2. The lowest BCUT2D eigenvalue weighted by Gasteiger charge is -2.20. The van der Waals surface area contributed by atoms with Crippen LogP contribution in [0.4, 0.5) is 0 Å². The predicted molar refractivity (Wildman–Crippen MR) is 71.6 cm³/mol. The summed E-state index contributed by atoms with van der Waals surface area (Å²) in [6.45, 7) is 3.03. The van der Waals surface area contributed by atoms with Gasteiger partial charge in [-0.3, -0.25) is 4.90 Å². The van der Waals surface area contributed by atoms with Crippen molar-refractivity contribution in [1.82, 2.24) is 20.4 Å². The standard InChI is InChI=1S/C11H17ClN4.ClH/c1-16(7-9-3-2-6-13-9)8-10-4-5-11(12)15-14-10;/h4-5,9,13H,2-3,6-8H2,1H3;1H. The Labute approximate surface area is 113 Å². The molecule has 1 aromatic rings. The van der Waals surface area contributed by atoms with E-state index in [1.807, 2.05) is 6.07 Å². The third-order valence-electron chi connectivity index (χ3n) is 2.81. The summed E-state index contributed by atoms with van der Waals surface area (Å²) in [4.78, 5) is 2.26. The van der Waals surface area contributed by atoms with E-state index in [-0.39, 0.29) is 12.4 Å². The summed E-state index contributed by atoms with van der Waals surface area (Å²) in [7, 11) is 2.11. The first kappa shape index (κ1) is 14.6. The average Bonchev–Trinajstić information content (AvgIpc) is 2.74. The highest BCUT2D eigenvalue weighted by atomic mass is 35.5. The Hall–Kier alpha value is -0.420. The molecule has 96 valence electrons. The molecule has 1 N–H and O–H groups in total. The van der Waals surface area contributed by atoms with Gasteiger partial charge in [-0.15, -0.1) is 17.5 Å². The zero-order chi connectivity index (χ0) is 11.4. The summed E-state index contributed by atoms with van der Waals surface area (Å²) in [5.41, 5.74) is 0.963. The zero-order valence-electron chi connectivity index (χ0n) is 9.90. The van der Waals surface area contributed by atoms with Crippen molar-refractivity contribution in [2.45, 2.75) is 25.4 Å². The van der Waals surface area contributed by atoms with E-state index in [1.165, 1.54) is 12.8 Å². The number of aromatic nitrogens is 2. The highest BCUT2D eigenvalue weighted by Gasteiger charge is 2.16. The second-order valence-corrected chi connectivity index (χ2v) is 4.72. The van der Waals surface area contributed by atoms with Crippen molar-refractivity contribution in [2.24, 2.45) is 0 Å². The number of hydrogen-bond acceptors (Lipinski definition) is 4. The summed E-state index contributed by atoms with van der Waals surface area (Å²) in [5.74, 6) is 0. The number of nitrogens with one attached hydrogen (secondary N) is 1. The Morgan fingerprint density at radius 1 is 1.47 bits per heavy atom. The van der Waals surface area contributed by atoms with E-state index in [4.69, 9.17) is 11.6 Å². The van der Waals surface area contributed by atoms with Crippen LogP contribution in [0.2, 0.25) is 5.15 Å². The molecule has 1 aliphatic heterocycles. The second kappa shape index (κ2) is 7.11. The van der Waals surface area contributed by atoms with Gasteiger partial charge in [0.2, 0.25) is 0 Å². The van der Waals surface area contributed by atoms with Crippen molar-refractivity contribution in [2.75, 3.05) is 20.1 Å². The Balaban J connectivity index is 0.00000144. The van der Waals surface area contributed by atoms with E-state index in [2.05, 4.69) is 27.5 Å². The molecule has 2 heterocycles. The Bertz CT molecular complexity index is 325. The first-order chi connectivity index (χ1) is 7.74. The predicted octanol–water partition coefficient (Wildman–Crippen LogP) is 1.74. The van der Waals surface area contributed by atoms with Gasteiger partial charge in [0.15, 0.2) is 5.15 Å². The van der Waals surface area contributed by atoms with Crippen LogP contribution in [0.3, 0.4) is 0 Å². The minimum Gasteiger partial charge on any atom is -0.313 e. The molecule has 0 amide bonds. The zero-order valence-corrected chi connectivity index (χ0v) is 11.5. The van der Waals surface area contributed by atoms with E-state index in [0.29, 0.717) is 11.2 Å². The number of likely N-dealkylation sites (N-methyl/N-ethyl adjacent to an activating group) is 1. The summed E-state index contributed by atoms with van der Waals surface area (Å²) in [5, 5.41) is 11.8. The summed E-state index contributed by atoms with van der Waals surface area (Å²) in [6, 6.07) is 4.34. The van der Waals surface area contributed by atoms with Crippen LogP contribution >= 0.6 is 24.0 Å². The number of hydrogen-bond donors (Lipinski definition) is 1. The minimum absolute atomic E-state index is 0. The Morgan fingerprint density at radius 3 is 2.88 bits per heavy atom. The van der Waals surface area contributed by atoms with Crippen LogP contribution in [0, 0.1) is 0 Å². The van der Waals surface area contributed by atoms with Gasteiger partial charge in [0.1, 0.15) is 0 Å². The van der Waals surface area contributed by atoms with E-state index in [0.717, 1.165) is 25.3 Å². The fourth-order valence-corrected chi connectivity index (χ4v) is 2.16. The fourth-order valence-electron chi connectivity index (χ4n) is 2.06. The molecule has 4 nitrogen and oxygen atoms in total. The van der Waals surface area contributed by atoms with Crippen LogP contribution in [0.1, 0.15) is 18.5 Å². The molecule has 0 aromatic carbocycles. The van der Waals surface area contributed by atoms with Crippen molar-refractivity contribution in [3.63, 3.8) is 0 Å². The normalized spacial score (nSPS) is 19.4. The van der Waals surface area contributed by atoms with Gasteiger partial charge >= 0.3 is 0 Å². The van der Waals surface area contributed by atoms with Crippen molar-refractivity contribution in [3.05, 3.63) is 23.0 Å². The summed E-state index contributed by atoms with van der Waals surface area (Å²) >= 11 is 5.69. The molecule has 1 fully saturated rings. The van der Waals surface area contributed by atoms with Crippen LogP contribution in [0.5, 0.6) is 0 Å². The lowest BCUT2D eigenvalue weighted by atomic mass is 10.2. The quantitative estimate of drug-likeness (QED) is 0.910. The SMILES string of the molecule is CN(Cc1ccc(Cl)nn1)CC1CCCN1.Cl. The molecule has 1 aliphatic rings. The smallest absolute Gasteiger partial charge is 0.151 e. The highest BCUT2D eigenvalue weighted by molar-refractivity contribution is 6.29. The van der Waals surface area contributed by atoms with Crippen LogP contribution in [0.25, 0.3) is 0 Å². The maximum atomic E-state index is 5.69. The molecule has 0 radical (unpaired) electrons. The maximum Gasteiger partial charge on any atom is 0.151 e. The molecule has 1 aromatic heterocycles. The molecule has 0 saturated carbocycles. The third kappa shape index (κ3) is 4.76. The second-order valence-electron chi connectivity index (χ2n) is 4.34.